The van der Waals surface area contributed by atoms with E-state index < -0.39 is 108 Å². The molecule has 6 N–H and O–H groups in total. The van der Waals surface area contributed by atoms with Gasteiger partial charge in [-0.05, 0) is 106 Å². The van der Waals surface area contributed by atoms with Crippen LogP contribution >= 0.6 is 27.5 Å². The maximum absolute atomic E-state index is 14.5. The third kappa shape index (κ3) is 19.3. The van der Waals surface area contributed by atoms with Crippen LogP contribution in [0.1, 0.15) is 139 Å². The fourth-order valence-corrected chi connectivity index (χ4v) is 11.6. The second kappa shape index (κ2) is 32.1. The predicted octanol–water partition coefficient (Wildman–Crippen LogP) is 8.27. The van der Waals surface area contributed by atoms with E-state index in [9.17, 15) is 48.3 Å². The summed E-state index contributed by atoms with van der Waals surface area (Å²) in [4.78, 5) is 124. The molecule has 21 nitrogen and oxygen atoms in total. The minimum atomic E-state index is -1.90. The average Bonchev–Trinajstić information content (AvgIpc) is 1.59. The first-order chi connectivity index (χ1) is 41.0. The number of hydrogen-bond acceptors (Lipinski definition) is 15. The number of aryl methyl sites for hydroxylation is 1. The van der Waals surface area contributed by atoms with Gasteiger partial charge in [-0.1, -0.05) is 104 Å². The number of halogens is 2. The van der Waals surface area contributed by atoms with E-state index in [1.54, 1.807) is 39.1 Å². The number of amides is 6. The highest BCUT2D eigenvalue weighted by Gasteiger charge is 2.64. The number of benzene rings is 2. The molecule has 3 aliphatic rings. The van der Waals surface area contributed by atoms with Crippen LogP contribution in [-0.2, 0) is 60.6 Å². The molecule has 0 aliphatic carbocycles. The molecule has 0 radical (unpaired) electrons. The number of alkyl halides is 1. The van der Waals surface area contributed by atoms with Crippen molar-refractivity contribution in [3.05, 3.63) is 93.6 Å². The largest absolute Gasteiger partial charge is 0.496 e. The standard InChI is InChI=1S/C64H88BrClN6O15/c1-36(2)46(32-44(73)20-15-13-14-16-22-49(74)39(5)35-65)58(77)69-47(21-18-26-68-61(67)80)50(75)30-42-24-25-45(51(31-42)83-11)59(78)71(9)41(7)60(79)86-54-33-55(76)72(10)48-29-43(28-38(4)56(48)66)27-37(3)19-17-23-53(84-12)64(82)34-52(85-62(81)70-64)40(6)57-63(54,8)87-57/h17,19,23-25,28-29,31,36,40-41,46-47,52-54,57,82H,5,13-16,18,20-22,26-27,30,32-35H2,1-4,6-12H3,(H,69,77)(H,70,81)(H3,67,68,80)/b23-17+,37-19+/t40-,41+,46+,47+,52+,53-,54+,57+,63+,64+/m1/s1. The Morgan fingerprint density at radius 1 is 1.02 bits per heavy atom. The number of nitrogens with zero attached hydrogens (tertiary/aromatic N) is 2. The van der Waals surface area contributed by atoms with Crippen LogP contribution < -0.4 is 31.3 Å². The van der Waals surface area contributed by atoms with Gasteiger partial charge >= 0.3 is 18.1 Å². The number of likely N-dealkylation sites (N-methyl/N-ethyl adjacent to an activating group) is 1. The van der Waals surface area contributed by atoms with Gasteiger partial charge < -0.3 is 55.0 Å². The third-order valence-electron chi connectivity index (χ3n) is 16.7. The number of rotatable bonds is 27. The summed E-state index contributed by atoms with van der Waals surface area (Å²) in [7, 11) is 5.72. The van der Waals surface area contributed by atoms with Crippen LogP contribution in [0.5, 0.6) is 5.75 Å². The number of ether oxygens (including phenoxy) is 5. The van der Waals surface area contributed by atoms with Crippen molar-refractivity contribution in [2.75, 3.05) is 45.1 Å². The summed E-state index contributed by atoms with van der Waals surface area (Å²) in [5.74, 6) is -4.50. The number of epoxide rings is 1. The molecule has 4 bridgehead atoms. The Morgan fingerprint density at radius 2 is 1.71 bits per heavy atom. The summed E-state index contributed by atoms with van der Waals surface area (Å²) in [6.45, 7) is 16.2. The zero-order valence-corrected chi connectivity index (χ0v) is 54.4. The summed E-state index contributed by atoms with van der Waals surface area (Å²) in [6.07, 6.45) is 3.96. The van der Waals surface area contributed by atoms with E-state index in [1.165, 1.54) is 45.2 Å². The normalized spacial score (nSPS) is 24.1. The van der Waals surface area contributed by atoms with Crippen molar-refractivity contribution in [1.82, 2.24) is 20.9 Å². The van der Waals surface area contributed by atoms with E-state index in [1.807, 2.05) is 45.9 Å². The summed E-state index contributed by atoms with van der Waals surface area (Å²) in [6, 6.07) is 5.20. The molecule has 0 spiro atoms. The zero-order valence-electron chi connectivity index (χ0n) is 52.0. The lowest BCUT2D eigenvalue weighted by Gasteiger charge is -2.42. The van der Waals surface area contributed by atoms with Gasteiger partial charge in [-0.15, -0.1) is 0 Å². The Labute approximate surface area is 524 Å². The van der Waals surface area contributed by atoms with Gasteiger partial charge in [0, 0.05) is 77.0 Å². The number of carbonyl (C=O) groups excluding carboxylic acids is 9. The van der Waals surface area contributed by atoms with Crippen molar-refractivity contribution in [3.63, 3.8) is 0 Å². The number of nitrogens with one attached hydrogen (secondary N) is 3. The number of primary amides is 1. The highest BCUT2D eigenvalue weighted by Crippen LogP contribution is 2.49. The smallest absolute Gasteiger partial charge is 0.409 e. The van der Waals surface area contributed by atoms with Gasteiger partial charge in [0.2, 0.25) is 11.8 Å². The Bertz CT molecular complexity index is 2950. The molecule has 0 saturated carbocycles. The van der Waals surface area contributed by atoms with Crippen molar-refractivity contribution in [1.29, 1.82) is 0 Å². The fourth-order valence-electron chi connectivity index (χ4n) is 11.1. The number of carbonyl (C=O) groups is 9. The molecule has 5 rings (SSSR count). The van der Waals surface area contributed by atoms with Crippen LogP contribution in [0.15, 0.2) is 66.3 Å². The molecule has 2 fully saturated rings. The van der Waals surface area contributed by atoms with Gasteiger partial charge in [0.15, 0.2) is 17.3 Å². The van der Waals surface area contributed by atoms with Gasteiger partial charge in [-0.3, -0.25) is 34.1 Å². The number of allylic oxidation sites excluding steroid dienone is 4. The second-order valence-corrected chi connectivity index (χ2v) is 24.7. The van der Waals surface area contributed by atoms with E-state index in [0.717, 1.165) is 34.4 Å². The lowest BCUT2D eigenvalue weighted by Crippen LogP contribution is -2.63. The minimum absolute atomic E-state index is 0.0119. The van der Waals surface area contributed by atoms with Gasteiger partial charge in [-0.25, -0.2) is 14.4 Å². The number of nitrogens with two attached hydrogens (primary N) is 1. The fraction of sp³-hybridized carbons (Fsp3) is 0.578. The van der Waals surface area contributed by atoms with E-state index in [2.05, 4.69) is 38.5 Å². The predicted molar refractivity (Wildman–Crippen MR) is 333 cm³/mol. The Morgan fingerprint density at radius 3 is 2.36 bits per heavy atom. The first-order valence-electron chi connectivity index (χ1n) is 29.6. The molecule has 0 unspecified atom stereocenters. The highest BCUT2D eigenvalue weighted by atomic mass is 79.9. The van der Waals surface area contributed by atoms with Crippen LogP contribution in [0.25, 0.3) is 0 Å². The van der Waals surface area contributed by atoms with Gasteiger partial charge in [0.05, 0.1) is 41.9 Å². The average molecular weight is 1300 g/mol. The van der Waals surface area contributed by atoms with Crippen molar-refractivity contribution in [3.8, 4) is 5.75 Å². The van der Waals surface area contributed by atoms with Crippen LogP contribution in [0.3, 0.4) is 0 Å². The summed E-state index contributed by atoms with van der Waals surface area (Å²) in [5, 5.41) is 20.6. The number of alkyl carbamates (subject to hydrolysis) is 1. The minimum Gasteiger partial charge on any atom is -0.496 e. The van der Waals surface area contributed by atoms with Gasteiger partial charge in [-0.2, -0.15) is 0 Å². The van der Waals surface area contributed by atoms with E-state index in [4.69, 9.17) is 41.0 Å². The molecule has 87 heavy (non-hydrogen) atoms. The van der Waals surface area contributed by atoms with Crippen LogP contribution in [0.2, 0.25) is 5.02 Å². The number of Topliss-reactive ketones (excluding diaryl/α,β-unsaturated/α-hetero) is 3. The molecule has 3 heterocycles. The molecule has 3 aliphatic heterocycles. The highest BCUT2D eigenvalue weighted by molar-refractivity contribution is 9.09. The third-order valence-corrected chi connectivity index (χ3v) is 17.9. The molecule has 0 aromatic heterocycles. The van der Waals surface area contributed by atoms with Crippen molar-refractivity contribution in [2.45, 2.75) is 180 Å². The molecule has 23 heteroatoms. The summed E-state index contributed by atoms with van der Waals surface area (Å²) in [5.41, 5.74) is 5.94. The van der Waals surface area contributed by atoms with Crippen molar-refractivity contribution in [2.24, 2.45) is 23.5 Å². The molecule has 2 aromatic rings. The zero-order chi connectivity index (χ0) is 64.7. The number of methoxy groups -OCH3 is 2. The number of aliphatic hydroxyl groups is 1. The quantitative estimate of drug-likeness (QED) is 0.0185. The maximum Gasteiger partial charge on any atom is 0.409 e. The van der Waals surface area contributed by atoms with Crippen molar-refractivity contribution < 1.29 is 71.9 Å². The summed E-state index contributed by atoms with van der Waals surface area (Å²) >= 11 is 10.1. The summed E-state index contributed by atoms with van der Waals surface area (Å²) < 4.78 is 29.7. The van der Waals surface area contributed by atoms with E-state index in [-0.39, 0.29) is 73.9 Å². The number of ketones is 3. The number of urea groups is 1. The van der Waals surface area contributed by atoms with Crippen molar-refractivity contribution >= 4 is 86.4 Å². The number of anilines is 1. The monoisotopic (exact) mass is 1290 g/mol. The first kappa shape index (κ1) is 71.3. The lowest BCUT2D eigenvalue weighted by molar-refractivity contribution is -0.158. The Kier molecular flexibility index (Phi) is 26.3. The van der Waals surface area contributed by atoms with Crippen LogP contribution in [-0.4, -0.2) is 151 Å². The van der Waals surface area contributed by atoms with E-state index in [0.29, 0.717) is 52.9 Å². The lowest BCUT2D eigenvalue weighted by atomic mass is 9.83. The molecule has 2 saturated heterocycles. The Balaban J connectivity index is 1.33. The van der Waals surface area contributed by atoms with E-state index >= 15 is 0 Å². The SMILES string of the molecule is C=C(CBr)C(=O)CCCCCCC(=O)C[C@H](C(=O)N[C@@H](CCCNC(N)=O)C(=O)Cc1ccc(C(=O)N(C)[C@@H](C)C(=O)O[C@H]2CC(=O)N(C)c3cc(cc(C)c3Cl)C/C(C)=C/C=C/[C@@H](OC)[C@@]3(O)C[C@H](OC(=O)N3)[C@@H](C)[C@@H]3O[C@@]23C)c(OC)c1)C(C)C. The molecule has 478 valence electrons. The molecule has 6 amide bonds. The maximum atomic E-state index is 14.5. The molecular formula is C64H88BrClN6O15. The molecule has 10 atom stereocenters. The number of hydrogen-bond donors (Lipinski definition) is 5. The number of esters is 1. The molecule has 2 aromatic carbocycles. The second-order valence-electron chi connectivity index (χ2n) is 23.8. The number of unbranched alkanes of at least 4 members (excludes halogenated alkanes) is 3. The first-order valence-corrected chi connectivity index (χ1v) is 31.1. The number of fused-ring (bicyclic) bond motifs is 5. The molecular weight excluding hydrogens is 1210 g/mol. The van der Waals surface area contributed by atoms with Crippen LogP contribution in [0.4, 0.5) is 15.3 Å². The topological polar surface area (TPSA) is 292 Å². The van der Waals surface area contributed by atoms with Crippen LogP contribution in [0, 0.1) is 24.7 Å². The Hall–Kier alpha value is -6.46. The van der Waals surface area contributed by atoms with Gasteiger partial charge in [0.1, 0.15) is 41.5 Å². The van der Waals surface area contributed by atoms with Gasteiger partial charge in [0.25, 0.3) is 5.91 Å².